The molecule has 2 heterocycles. The minimum atomic E-state index is 0. The molecule has 0 saturated carbocycles. The number of nitrogens with one attached hydrogen (secondary N) is 2. The number of aliphatic imine (C=N–C) groups is 1. The second-order valence-electron chi connectivity index (χ2n) is 8.36. The van der Waals surface area contributed by atoms with Crippen molar-refractivity contribution in [2.45, 2.75) is 33.2 Å². The van der Waals surface area contributed by atoms with Gasteiger partial charge in [-0.1, -0.05) is 31.2 Å². The highest BCUT2D eigenvalue weighted by atomic mass is 127. The van der Waals surface area contributed by atoms with Gasteiger partial charge in [0.15, 0.2) is 17.5 Å². The number of aryl methyl sites for hydroxylation is 1. The summed E-state index contributed by atoms with van der Waals surface area (Å²) in [5.41, 5.74) is 3.44. The van der Waals surface area contributed by atoms with E-state index in [9.17, 15) is 0 Å². The number of benzene rings is 2. The lowest BCUT2D eigenvalue weighted by Gasteiger charge is -2.18. The average molecular weight is 550 g/mol. The van der Waals surface area contributed by atoms with Gasteiger partial charge in [0.25, 0.3) is 0 Å². The molecule has 174 valence electrons. The molecule has 2 aromatic carbocycles. The van der Waals surface area contributed by atoms with E-state index in [1.807, 2.05) is 18.2 Å². The molecule has 2 aromatic rings. The maximum Gasteiger partial charge on any atom is 0.196 e. The van der Waals surface area contributed by atoms with Gasteiger partial charge >= 0.3 is 0 Å². The highest BCUT2D eigenvalue weighted by Gasteiger charge is 2.21. The highest BCUT2D eigenvalue weighted by Crippen LogP contribution is 2.32. The summed E-state index contributed by atoms with van der Waals surface area (Å²) in [6.45, 7) is 10.8. The number of halogens is 1. The number of guanidine groups is 1. The lowest BCUT2D eigenvalue weighted by Crippen LogP contribution is -2.35. The number of fused-ring (bicyclic) bond motifs is 1. The number of hydrogen-bond donors (Lipinski definition) is 2. The summed E-state index contributed by atoms with van der Waals surface area (Å²) in [4.78, 5) is 7.40. The number of likely N-dealkylation sites (tertiary alicyclic amines) is 1. The fraction of sp³-hybridized carbons (Fsp3) is 0.480. The van der Waals surface area contributed by atoms with Gasteiger partial charge in [-0.05, 0) is 55.6 Å². The Balaban J connectivity index is 0.00000289. The van der Waals surface area contributed by atoms with E-state index in [1.54, 1.807) is 0 Å². The largest absolute Gasteiger partial charge is 0.490 e. The van der Waals surface area contributed by atoms with Crippen molar-refractivity contribution in [3.8, 4) is 11.5 Å². The molecule has 2 N–H and O–H groups in total. The zero-order chi connectivity index (χ0) is 21.5. The molecule has 0 aliphatic carbocycles. The van der Waals surface area contributed by atoms with Crippen LogP contribution in [-0.2, 0) is 6.54 Å². The molecular formula is C25H35IN4O2. The number of ether oxygens (including phenoxy) is 2. The lowest BCUT2D eigenvalue weighted by atomic mass is 10.1. The Labute approximate surface area is 208 Å². The van der Waals surface area contributed by atoms with Crippen molar-refractivity contribution in [3.63, 3.8) is 0 Å². The summed E-state index contributed by atoms with van der Waals surface area (Å²) in [6, 6.07) is 14.4. The number of nitrogens with zero attached hydrogens (tertiary/aromatic N) is 2. The van der Waals surface area contributed by atoms with Crippen LogP contribution in [-0.4, -0.2) is 50.3 Å². The van der Waals surface area contributed by atoms with E-state index in [4.69, 9.17) is 14.5 Å². The predicted molar refractivity (Wildman–Crippen MR) is 142 cm³/mol. The van der Waals surface area contributed by atoms with E-state index in [2.05, 4.69) is 53.6 Å². The van der Waals surface area contributed by atoms with Gasteiger partial charge in [-0.15, -0.1) is 24.0 Å². The van der Waals surface area contributed by atoms with Crippen LogP contribution in [0.25, 0.3) is 0 Å². The third-order valence-corrected chi connectivity index (χ3v) is 6.05. The fourth-order valence-electron chi connectivity index (χ4n) is 4.08. The zero-order valence-electron chi connectivity index (χ0n) is 19.1. The molecule has 0 spiro atoms. The summed E-state index contributed by atoms with van der Waals surface area (Å²) >= 11 is 0. The van der Waals surface area contributed by atoms with Gasteiger partial charge in [0.2, 0.25) is 0 Å². The van der Waals surface area contributed by atoms with Crippen LogP contribution in [0.4, 0.5) is 5.69 Å². The number of rotatable bonds is 6. The van der Waals surface area contributed by atoms with Crippen LogP contribution < -0.4 is 20.1 Å². The molecule has 4 rings (SSSR count). The lowest BCUT2D eigenvalue weighted by molar-refractivity contribution is 0.297. The normalized spacial score (nSPS) is 18.6. The maximum atomic E-state index is 5.85. The number of anilines is 1. The Morgan fingerprint density at radius 2 is 1.94 bits per heavy atom. The first-order chi connectivity index (χ1) is 15.2. The molecule has 1 fully saturated rings. The Kier molecular flexibility index (Phi) is 9.47. The van der Waals surface area contributed by atoms with Gasteiger partial charge in [0.1, 0.15) is 0 Å². The minimum Gasteiger partial charge on any atom is -0.490 e. The fourth-order valence-corrected chi connectivity index (χ4v) is 4.08. The molecule has 1 saturated heterocycles. The van der Waals surface area contributed by atoms with Crippen LogP contribution in [0.15, 0.2) is 47.5 Å². The zero-order valence-corrected chi connectivity index (χ0v) is 21.4. The summed E-state index contributed by atoms with van der Waals surface area (Å²) in [6.07, 6.45) is 2.13. The smallest absolute Gasteiger partial charge is 0.196 e. The molecule has 2 aliphatic heterocycles. The predicted octanol–water partition coefficient (Wildman–Crippen LogP) is 4.67. The van der Waals surface area contributed by atoms with Crippen LogP contribution >= 0.6 is 24.0 Å². The van der Waals surface area contributed by atoms with Crippen molar-refractivity contribution in [3.05, 3.63) is 53.6 Å². The second kappa shape index (κ2) is 12.3. The van der Waals surface area contributed by atoms with Gasteiger partial charge in [-0.25, -0.2) is 4.99 Å². The number of hydrogen-bond acceptors (Lipinski definition) is 4. The molecule has 0 radical (unpaired) electrons. The van der Waals surface area contributed by atoms with E-state index in [-0.39, 0.29) is 24.0 Å². The van der Waals surface area contributed by atoms with Gasteiger partial charge in [-0.3, -0.25) is 0 Å². The van der Waals surface area contributed by atoms with Crippen molar-refractivity contribution in [1.29, 1.82) is 0 Å². The topological polar surface area (TPSA) is 58.1 Å². The molecule has 0 bridgehead atoms. The standard InChI is InChI=1S/C25H34N4O2.HI/c1-3-29-12-11-20(18-29)16-26-25(27-17-21-8-5-4-7-19(21)2)28-22-9-10-23-24(15-22)31-14-6-13-30-23;/h4-5,7-10,15,20H,3,6,11-14,16-18H2,1-2H3,(H2,26,27,28);1H. The molecular weight excluding hydrogens is 515 g/mol. The first-order valence-electron chi connectivity index (χ1n) is 11.4. The molecule has 6 nitrogen and oxygen atoms in total. The van der Waals surface area contributed by atoms with Crippen molar-refractivity contribution >= 4 is 35.6 Å². The minimum absolute atomic E-state index is 0. The Hall–Kier alpha value is -2.00. The quantitative estimate of drug-likeness (QED) is 0.311. The van der Waals surface area contributed by atoms with E-state index in [0.29, 0.717) is 25.7 Å². The van der Waals surface area contributed by atoms with Crippen LogP contribution in [0.1, 0.15) is 30.9 Å². The molecule has 1 unspecified atom stereocenters. The first-order valence-corrected chi connectivity index (χ1v) is 11.4. The van der Waals surface area contributed by atoms with Crippen LogP contribution in [0.3, 0.4) is 0 Å². The van der Waals surface area contributed by atoms with Crippen LogP contribution in [0.2, 0.25) is 0 Å². The third kappa shape index (κ3) is 6.75. The van der Waals surface area contributed by atoms with E-state index in [1.165, 1.54) is 24.1 Å². The second-order valence-corrected chi connectivity index (χ2v) is 8.36. The van der Waals surface area contributed by atoms with Crippen molar-refractivity contribution < 1.29 is 9.47 Å². The molecule has 32 heavy (non-hydrogen) atoms. The van der Waals surface area contributed by atoms with E-state index >= 15 is 0 Å². The van der Waals surface area contributed by atoms with Crippen molar-refractivity contribution in [2.24, 2.45) is 10.9 Å². The molecule has 1 atom stereocenters. The van der Waals surface area contributed by atoms with Crippen molar-refractivity contribution in [2.75, 3.05) is 44.7 Å². The van der Waals surface area contributed by atoms with Gasteiger partial charge in [0, 0.05) is 31.3 Å². The van der Waals surface area contributed by atoms with Gasteiger partial charge in [-0.2, -0.15) is 0 Å². The summed E-state index contributed by atoms with van der Waals surface area (Å²) in [7, 11) is 0. The molecule has 2 aliphatic rings. The third-order valence-electron chi connectivity index (χ3n) is 6.05. The molecule has 0 aromatic heterocycles. The Morgan fingerprint density at radius 3 is 2.72 bits per heavy atom. The summed E-state index contributed by atoms with van der Waals surface area (Å²) in [5, 5.41) is 7.06. The monoisotopic (exact) mass is 550 g/mol. The highest BCUT2D eigenvalue weighted by molar-refractivity contribution is 14.0. The summed E-state index contributed by atoms with van der Waals surface area (Å²) in [5.74, 6) is 3.04. The average Bonchev–Trinajstić information content (AvgIpc) is 3.13. The van der Waals surface area contributed by atoms with Gasteiger partial charge in [0.05, 0.1) is 19.8 Å². The summed E-state index contributed by atoms with van der Waals surface area (Å²) < 4.78 is 11.6. The van der Waals surface area contributed by atoms with Crippen molar-refractivity contribution in [1.82, 2.24) is 10.2 Å². The first kappa shape index (κ1) is 24.6. The van der Waals surface area contributed by atoms with Gasteiger partial charge < -0.3 is 25.0 Å². The molecule has 0 amide bonds. The Morgan fingerprint density at radius 1 is 1.12 bits per heavy atom. The van der Waals surface area contributed by atoms with E-state index in [0.717, 1.165) is 49.2 Å². The SMILES string of the molecule is CCN1CCC(CNC(=NCc2ccccc2C)Nc2ccc3c(c2)OCCCO3)C1.I. The van der Waals surface area contributed by atoms with Crippen LogP contribution in [0, 0.1) is 12.8 Å². The maximum absolute atomic E-state index is 5.85. The van der Waals surface area contributed by atoms with E-state index < -0.39 is 0 Å². The molecule has 7 heteroatoms. The van der Waals surface area contributed by atoms with Crippen LogP contribution in [0.5, 0.6) is 11.5 Å². The Bertz CT molecular complexity index is 905.